The number of benzene rings is 2. The fourth-order valence-electron chi connectivity index (χ4n) is 5.31. The molecule has 2 aromatic carbocycles. The molecular formula is C29H31ClO11. The van der Waals surface area contributed by atoms with Crippen LogP contribution in [-0.2, 0) is 39.9 Å². The highest BCUT2D eigenvalue weighted by Gasteiger charge is 2.48. The van der Waals surface area contributed by atoms with Gasteiger partial charge in [-0.2, -0.15) is 0 Å². The Morgan fingerprint density at radius 1 is 0.805 bits per heavy atom. The number of aliphatic carboxylic acids is 3. The molecule has 0 spiro atoms. The Bertz CT molecular complexity index is 1290. The van der Waals surface area contributed by atoms with Gasteiger partial charge < -0.3 is 29.5 Å². The van der Waals surface area contributed by atoms with Crippen LogP contribution in [0.1, 0.15) is 55.9 Å². The number of ether oxygens (including phenoxy) is 3. The molecule has 0 amide bonds. The van der Waals surface area contributed by atoms with Crippen molar-refractivity contribution in [2.24, 2.45) is 17.8 Å². The Morgan fingerprint density at radius 3 is 1.95 bits per heavy atom. The Hall–Kier alpha value is -3.96. The van der Waals surface area contributed by atoms with E-state index in [0.717, 1.165) is 5.56 Å². The first kappa shape index (κ1) is 31.6. The topological polar surface area (TPSA) is 174 Å². The molecule has 1 fully saturated rings. The zero-order chi connectivity index (χ0) is 30.3. The molecule has 11 nitrogen and oxygen atoms in total. The molecule has 3 rings (SSSR count). The molecule has 3 N–H and O–H groups in total. The van der Waals surface area contributed by atoms with Crippen LogP contribution in [0.2, 0.25) is 5.02 Å². The van der Waals surface area contributed by atoms with Gasteiger partial charge in [0.15, 0.2) is 0 Å². The number of hydrogen-bond acceptors (Lipinski definition) is 8. The third kappa shape index (κ3) is 9.02. The fourth-order valence-corrected chi connectivity index (χ4v) is 5.50. The van der Waals surface area contributed by atoms with Crippen molar-refractivity contribution in [3.63, 3.8) is 0 Å². The van der Waals surface area contributed by atoms with Crippen LogP contribution >= 0.6 is 11.6 Å². The van der Waals surface area contributed by atoms with Gasteiger partial charge in [0.2, 0.25) is 0 Å². The lowest BCUT2D eigenvalue weighted by Crippen LogP contribution is -2.48. The molecule has 0 saturated carbocycles. The number of carbonyl (C=O) groups excluding carboxylic acids is 2. The Labute approximate surface area is 241 Å². The number of rotatable bonds is 12. The first-order chi connectivity index (χ1) is 19.3. The minimum atomic E-state index is -1.22. The van der Waals surface area contributed by atoms with E-state index in [2.05, 4.69) is 0 Å². The molecule has 12 heteroatoms. The predicted octanol–water partition coefficient (Wildman–Crippen LogP) is 4.13. The van der Waals surface area contributed by atoms with Crippen molar-refractivity contribution in [3.05, 3.63) is 64.2 Å². The molecule has 41 heavy (non-hydrogen) atoms. The SMILES string of the molecule is CC(=O)OC[C@@H]1O[C@H](c2ccc(Cl)c(Cc3ccc(OC(C)=O)cc3)c2)[C@@H](CC(=O)O)[C@@H](CC(=O)O)[C@H]1CC(=O)O. The van der Waals surface area contributed by atoms with Gasteiger partial charge in [0.25, 0.3) is 0 Å². The minimum absolute atomic E-state index is 0.325. The summed E-state index contributed by atoms with van der Waals surface area (Å²) >= 11 is 6.49. The minimum Gasteiger partial charge on any atom is -0.481 e. The van der Waals surface area contributed by atoms with E-state index in [1.165, 1.54) is 13.8 Å². The highest BCUT2D eigenvalue weighted by atomic mass is 35.5. The summed E-state index contributed by atoms with van der Waals surface area (Å²) in [6.07, 6.45) is -3.07. The normalized spacial score (nSPS) is 22.0. The van der Waals surface area contributed by atoms with Crippen LogP contribution in [0.3, 0.4) is 0 Å². The quantitative estimate of drug-likeness (QED) is 0.239. The zero-order valence-corrected chi connectivity index (χ0v) is 23.2. The maximum atomic E-state index is 11.9. The van der Waals surface area contributed by atoms with Crippen molar-refractivity contribution in [2.75, 3.05) is 6.61 Å². The number of hydrogen-bond donors (Lipinski definition) is 3. The van der Waals surface area contributed by atoms with Crippen molar-refractivity contribution in [3.8, 4) is 5.75 Å². The monoisotopic (exact) mass is 590 g/mol. The summed E-state index contributed by atoms with van der Waals surface area (Å²) in [6, 6.07) is 11.8. The average molecular weight is 591 g/mol. The number of carboxylic acids is 3. The van der Waals surface area contributed by atoms with Gasteiger partial charge in [-0.15, -0.1) is 0 Å². The van der Waals surface area contributed by atoms with E-state index in [4.69, 9.17) is 25.8 Å². The molecule has 2 aromatic rings. The van der Waals surface area contributed by atoms with Gasteiger partial charge in [-0.25, -0.2) is 0 Å². The Kier molecular flexibility index (Phi) is 10.8. The first-order valence-corrected chi connectivity index (χ1v) is 13.2. The van der Waals surface area contributed by atoms with Gasteiger partial charge >= 0.3 is 29.8 Å². The standard InChI is InChI=1S/C29H31ClO11/c1-15(31)39-14-25-22(12-27(35)36)21(11-26(33)34)23(13-28(37)38)29(41-25)18-5-8-24(30)19(10-18)9-17-3-6-20(7-4-17)40-16(2)32/h3-8,10,21-23,25,29H,9,11-14H2,1-2H3,(H,33,34)(H,35,36)(H,37,38)/t21-,22+,23-,25-,29+/m0/s1. The first-order valence-electron chi connectivity index (χ1n) is 12.8. The van der Waals surface area contributed by atoms with Crippen LogP contribution in [0.5, 0.6) is 5.75 Å². The molecule has 5 atom stereocenters. The number of carbonyl (C=O) groups is 5. The smallest absolute Gasteiger partial charge is 0.308 e. The third-order valence-electron chi connectivity index (χ3n) is 6.95. The van der Waals surface area contributed by atoms with Crippen LogP contribution in [0.4, 0.5) is 0 Å². The van der Waals surface area contributed by atoms with Gasteiger partial charge in [-0.1, -0.05) is 35.9 Å². The summed E-state index contributed by atoms with van der Waals surface area (Å²) in [5.74, 6) is -7.08. The van der Waals surface area contributed by atoms with Crippen molar-refractivity contribution in [1.29, 1.82) is 0 Å². The van der Waals surface area contributed by atoms with Crippen molar-refractivity contribution >= 4 is 41.4 Å². The third-order valence-corrected chi connectivity index (χ3v) is 7.32. The second kappa shape index (κ2) is 14.1. The lowest BCUT2D eigenvalue weighted by molar-refractivity contribution is -0.189. The van der Waals surface area contributed by atoms with Crippen molar-refractivity contribution in [2.45, 2.75) is 51.7 Å². The van der Waals surface area contributed by atoms with E-state index in [-0.39, 0.29) is 6.61 Å². The van der Waals surface area contributed by atoms with Gasteiger partial charge in [-0.05, 0) is 47.2 Å². The highest BCUT2D eigenvalue weighted by Crippen LogP contribution is 2.48. The lowest BCUT2D eigenvalue weighted by Gasteiger charge is -2.46. The maximum absolute atomic E-state index is 11.9. The fraction of sp³-hybridized carbons (Fsp3) is 0.414. The molecule has 0 aliphatic carbocycles. The van der Waals surface area contributed by atoms with Gasteiger partial charge in [-0.3, -0.25) is 24.0 Å². The second-order valence-electron chi connectivity index (χ2n) is 9.95. The molecule has 0 unspecified atom stereocenters. The highest BCUT2D eigenvalue weighted by molar-refractivity contribution is 6.31. The van der Waals surface area contributed by atoms with Crippen LogP contribution < -0.4 is 4.74 Å². The predicted molar refractivity (Wildman–Crippen MR) is 143 cm³/mol. The molecule has 1 saturated heterocycles. The number of halogens is 1. The molecule has 1 heterocycles. The van der Waals surface area contributed by atoms with E-state index in [1.807, 2.05) is 0 Å². The van der Waals surface area contributed by atoms with Gasteiger partial charge in [0.1, 0.15) is 12.4 Å². The summed E-state index contributed by atoms with van der Waals surface area (Å²) in [7, 11) is 0. The van der Waals surface area contributed by atoms with E-state index in [9.17, 15) is 39.3 Å². The van der Waals surface area contributed by atoms with E-state index in [0.29, 0.717) is 28.3 Å². The lowest BCUT2D eigenvalue weighted by atomic mass is 9.68. The van der Waals surface area contributed by atoms with Crippen LogP contribution in [-0.4, -0.2) is 57.9 Å². The molecule has 220 valence electrons. The Morgan fingerprint density at radius 2 is 1.39 bits per heavy atom. The summed E-state index contributed by atoms with van der Waals surface area (Å²) in [5.41, 5.74) is 2.02. The van der Waals surface area contributed by atoms with E-state index >= 15 is 0 Å². The number of carboxylic acid groups (broad SMARTS) is 3. The average Bonchev–Trinajstić information content (AvgIpc) is 2.86. The summed E-state index contributed by atoms with van der Waals surface area (Å²) in [6.45, 7) is 2.15. The Balaban J connectivity index is 2.02. The molecule has 0 aromatic heterocycles. The summed E-state index contributed by atoms with van der Waals surface area (Å²) in [4.78, 5) is 58.3. The molecule has 0 radical (unpaired) electrons. The number of esters is 2. The van der Waals surface area contributed by atoms with Crippen LogP contribution in [0.15, 0.2) is 42.5 Å². The second-order valence-corrected chi connectivity index (χ2v) is 10.4. The largest absolute Gasteiger partial charge is 0.481 e. The molecule has 0 bridgehead atoms. The zero-order valence-electron chi connectivity index (χ0n) is 22.4. The van der Waals surface area contributed by atoms with Crippen LogP contribution in [0, 0.1) is 17.8 Å². The molecule has 1 aliphatic rings. The summed E-state index contributed by atoms with van der Waals surface area (Å²) < 4.78 is 16.5. The van der Waals surface area contributed by atoms with E-state index < -0.39 is 79.1 Å². The van der Waals surface area contributed by atoms with Gasteiger partial charge in [0, 0.05) is 37.1 Å². The van der Waals surface area contributed by atoms with Crippen LogP contribution in [0.25, 0.3) is 0 Å². The molecular weight excluding hydrogens is 560 g/mol. The van der Waals surface area contributed by atoms with Crippen molar-refractivity contribution in [1.82, 2.24) is 0 Å². The van der Waals surface area contributed by atoms with Crippen molar-refractivity contribution < 1.29 is 53.5 Å². The van der Waals surface area contributed by atoms with Gasteiger partial charge in [0.05, 0.1) is 25.0 Å². The molecule has 1 aliphatic heterocycles. The maximum Gasteiger partial charge on any atom is 0.308 e. The summed E-state index contributed by atoms with van der Waals surface area (Å²) in [5, 5.41) is 29.4. The van der Waals surface area contributed by atoms with E-state index in [1.54, 1.807) is 42.5 Å².